The van der Waals surface area contributed by atoms with Gasteiger partial charge in [0.25, 0.3) is 5.91 Å². The summed E-state index contributed by atoms with van der Waals surface area (Å²) >= 11 is 3.45. The summed E-state index contributed by atoms with van der Waals surface area (Å²) in [6.07, 6.45) is 1.44. The summed E-state index contributed by atoms with van der Waals surface area (Å²) in [4.78, 5) is 18.2. The fourth-order valence-corrected chi connectivity index (χ4v) is 4.21. The van der Waals surface area contributed by atoms with Crippen LogP contribution in [0.25, 0.3) is 0 Å². The van der Waals surface area contributed by atoms with E-state index in [-0.39, 0.29) is 24.9 Å². The van der Waals surface area contributed by atoms with Crippen LogP contribution >= 0.6 is 15.9 Å². The average molecular weight is 555 g/mol. The minimum absolute atomic E-state index is 0.0769. The Morgan fingerprint density at radius 2 is 1.89 bits per heavy atom. The van der Waals surface area contributed by atoms with Crippen LogP contribution in [0.1, 0.15) is 23.1 Å². The predicted octanol–water partition coefficient (Wildman–Crippen LogP) is 4.47. The first-order chi connectivity index (χ1) is 17.5. The number of nitrogens with one attached hydrogen (secondary N) is 1. The molecule has 0 spiro atoms. The maximum absolute atomic E-state index is 13.5. The first-order valence-corrected chi connectivity index (χ1v) is 12.6. The van der Waals surface area contributed by atoms with E-state index in [1.54, 1.807) is 6.07 Å². The zero-order valence-electron chi connectivity index (χ0n) is 19.8. The molecule has 0 bridgehead atoms. The van der Waals surface area contributed by atoms with Gasteiger partial charge in [-0.15, -0.1) is 0 Å². The molecule has 1 amide bonds. The average Bonchev–Trinajstić information content (AvgIpc) is 3.31. The Hall–Kier alpha value is -3.23. The predicted molar refractivity (Wildman–Crippen MR) is 140 cm³/mol. The molecule has 0 aliphatic carbocycles. The molecule has 1 aliphatic rings. The molecule has 0 unspecified atom stereocenters. The molecule has 0 saturated heterocycles. The van der Waals surface area contributed by atoms with Crippen molar-refractivity contribution in [3.8, 4) is 5.75 Å². The van der Waals surface area contributed by atoms with E-state index in [1.165, 1.54) is 12.1 Å². The number of ether oxygens (including phenoxy) is 2. The van der Waals surface area contributed by atoms with Crippen LogP contribution < -0.4 is 10.1 Å². The van der Waals surface area contributed by atoms with Crippen molar-refractivity contribution in [1.82, 2.24) is 5.32 Å². The number of amides is 1. The highest BCUT2D eigenvalue weighted by Gasteiger charge is 2.44. The second-order valence-corrected chi connectivity index (χ2v) is 9.54. The van der Waals surface area contributed by atoms with E-state index in [9.17, 15) is 9.18 Å². The van der Waals surface area contributed by atoms with E-state index in [0.29, 0.717) is 44.1 Å². The minimum Gasteiger partial charge on any atom is -0.494 e. The molecule has 3 aromatic carbocycles. The van der Waals surface area contributed by atoms with Crippen molar-refractivity contribution in [2.24, 2.45) is 4.99 Å². The van der Waals surface area contributed by atoms with E-state index < -0.39 is 5.54 Å². The molecule has 2 N–H and O–H groups in total. The third-order valence-corrected chi connectivity index (χ3v) is 6.39. The first-order valence-electron chi connectivity index (χ1n) is 11.8. The number of hydrogen-bond acceptors (Lipinski definition) is 5. The van der Waals surface area contributed by atoms with E-state index in [0.717, 1.165) is 21.2 Å². The van der Waals surface area contributed by atoms with E-state index in [1.807, 2.05) is 54.6 Å². The third kappa shape index (κ3) is 6.71. The van der Waals surface area contributed by atoms with Gasteiger partial charge in [0, 0.05) is 36.0 Å². The zero-order valence-corrected chi connectivity index (χ0v) is 21.3. The highest BCUT2D eigenvalue weighted by molar-refractivity contribution is 9.10. The van der Waals surface area contributed by atoms with Gasteiger partial charge in [-0.2, -0.15) is 0 Å². The van der Waals surface area contributed by atoms with Crippen molar-refractivity contribution in [3.05, 3.63) is 99.8 Å². The van der Waals surface area contributed by atoms with Crippen LogP contribution in [0.2, 0.25) is 0 Å². The minimum atomic E-state index is -1.12. The molecule has 0 radical (unpaired) electrons. The quantitative estimate of drug-likeness (QED) is 0.343. The van der Waals surface area contributed by atoms with Gasteiger partial charge in [-0.05, 0) is 66.1 Å². The maximum atomic E-state index is 13.5. The van der Waals surface area contributed by atoms with E-state index in [4.69, 9.17) is 19.6 Å². The van der Waals surface area contributed by atoms with E-state index >= 15 is 0 Å². The van der Waals surface area contributed by atoms with Crippen molar-refractivity contribution in [2.75, 3.05) is 26.4 Å². The number of aliphatic hydroxyl groups is 1. The Kier molecular flexibility index (Phi) is 8.72. The number of benzene rings is 3. The Labute approximate surface area is 218 Å². The third-order valence-electron chi connectivity index (χ3n) is 5.86. The van der Waals surface area contributed by atoms with Crippen molar-refractivity contribution < 1.29 is 23.8 Å². The zero-order chi connectivity index (χ0) is 25.4. The molecule has 8 heteroatoms. The molecule has 6 nitrogen and oxygen atoms in total. The fraction of sp³-hybridized carbons (Fsp3) is 0.286. The largest absolute Gasteiger partial charge is 0.494 e. The number of rotatable bonds is 11. The molecular weight excluding hydrogens is 527 g/mol. The second kappa shape index (κ2) is 12.1. The molecule has 0 aromatic heterocycles. The summed E-state index contributed by atoms with van der Waals surface area (Å²) in [6.45, 7) is 0.973. The van der Waals surface area contributed by atoms with Crippen LogP contribution in [-0.4, -0.2) is 48.8 Å². The normalized spacial score (nSPS) is 16.8. The van der Waals surface area contributed by atoms with Crippen molar-refractivity contribution in [2.45, 2.75) is 24.8 Å². The topological polar surface area (TPSA) is 80.2 Å². The molecule has 36 heavy (non-hydrogen) atoms. The Balaban J connectivity index is 1.51. The number of aliphatic imine (C=N–C) groups is 1. The summed E-state index contributed by atoms with van der Waals surface area (Å²) in [7, 11) is 0. The van der Waals surface area contributed by atoms with Crippen LogP contribution in [-0.2, 0) is 22.4 Å². The second-order valence-electron chi connectivity index (χ2n) is 8.63. The summed E-state index contributed by atoms with van der Waals surface area (Å²) in [5.74, 6) is 0.547. The SMILES string of the molecule is O=C(NCCc1cccc(F)c1)[C@@]1(Cc2ccc(Br)cc2)COC(c2ccc(OCCCO)cc2)=N1. The molecule has 1 aliphatic heterocycles. The van der Waals surface area contributed by atoms with Gasteiger partial charge in [0.05, 0.1) is 6.61 Å². The number of nitrogens with zero attached hydrogens (tertiary/aromatic N) is 1. The number of hydrogen-bond donors (Lipinski definition) is 2. The van der Waals surface area contributed by atoms with Crippen LogP contribution in [0.4, 0.5) is 4.39 Å². The van der Waals surface area contributed by atoms with Gasteiger partial charge in [-0.25, -0.2) is 9.38 Å². The lowest BCUT2D eigenvalue weighted by Gasteiger charge is -2.23. The number of carbonyl (C=O) groups excluding carboxylic acids is 1. The van der Waals surface area contributed by atoms with Gasteiger partial charge in [-0.3, -0.25) is 4.79 Å². The molecule has 188 valence electrons. The van der Waals surface area contributed by atoms with Crippen molar-refractivity contribution in [1.29, 1.82) is 0 Å². The number of aliphatic hydroxyl groups excluding tert-OH is 1. The maximum Gasteiger partial charge on any atom is 0.251 e. The van der Waals surface area contributed by atoms with E-state index in [2.05, 4.69) is 21.2 Å². The van der Waals surface area contributed by atoms with Crippen LogP contribution in [0.15, 0.2) is 82.3 Å². The molecule has 4 rings (SSSR count). The summed E-state index contributed by atoms with van der Waals surface area (Å²) in [6, 6.07) is 21.4. The highest BCUT2D eigenvalue weighted by atomic mass is 79.9. The lowest BCUT2D eigenvalue weighted by molar-refractivity contribution is -0.126. The van der Waals surface area contributed by atoms with Gasteiger partial charge < -0.3 is 19.9 Å². The summed E-state index contributed by atoms with van der Waals surface area (Å²) < 4.78 is 26.0. The van der Waals surface area contributed by atoms with Gasteiger partial charge in [0.2, 0.25) is 5.90 Å². The Bertz CT molecular complexity index is 1200. The Morgan fingerprint density at radius 1 is 1.11 bits per heavy atom. The van der Waals surface area contributed by atoms with Gasteiger partial charge >= 0.3 is 0 Å². The molecule has 3 aromatic rings. The highest BCUT2D eigenvalue weighted by Crippen LogP contribution is 2.28. The standard InChI is InChI=1S/C28H28BrFN2O4/c29-23-9-5-21(6-10-23)18-28(27(34)31-14-13-20-3-1-4-24(30)17-20)19-36-26(32-28)22-7-11-25(12-8-22)35-16-2-15-33/h1,3-12,17,33H,2,13-16,18-19H2,(H,31,34)/t28-/m1/s1. The van der Waals surface area contributed by atoms with Crippen molar-refractivity contribution in [3.63, 3.8) is 0 Å². The van der Waals surface area contributed by atoms with Gasteiger partial charge in [0.1, 0.15) is 18.2 Å². The lowest BCUT2D eigenvalue weighted by atomic mass is 9.91. The molecule has 1 heterocycles. The summed E-state index contributed by atoms with van der Waals surface area (Å²) in [5.41, 5.74) is 1.39. The van der Waals surface area contributed by atoms with Gasteiger partial charge in [-0.1, -0.05) is 40.2 Å². The monoisotopic (exact) mass is 554 g/mol. The molecular formula is C28H28BrFN2O4. The number of halogens is 2. The fourth-order valence-electron chi connectivity index (χ4n) is 3.95. The van der Waals surface area contributed by atoms with Crippen LogP contribution in [0, 0.1) is 5.82 Å². The summed E-state index contributed by atoms with van der Waals surface area (Å²) in [5, 5.41) is 11.9. The van der Waals surface area contributed by atoms with Crippen molar-refractivity contribution >= 4 is 27.7 Å². The van der Waals surface area contributed by atoms with Gasteiger partial charge in [0.15, 0.2) is 5.54 Å². The molecule has 1 atom stereocenters. The van der Waals surface area contributed by atoms with Crippen LogP contribution in [0.5, 0.6) is 5.75 Å². The first kappa shape index (κ1) is 25.9. The van der Waals surface area contributed by atoms with Crippen LogP contribution in [0.3, 0.4) is 0 Å². The molecule has 0 saturated carbocycles. The Morgan fingerprint density at radius 3 is 2.61 bits per heavy atom. The smallest absolute Gasteiger partial charge is 0.251 e. The lowest BCUT2D eigenvalue weighted by Crippen LogP contribution is -2.48. The number of carbonyl (C=O) groups is 1. The molecule has 0 fully saturated rings.